The number of rotatable bonds is 1. The highest BCUT2D eigenvalue weighted by atomic mass is 16.5. The average molecular weight is 143 g/mol. The van der Waals surface area contributed by atoms with Gasteiger partial charge in [0, 0.05) is 13.1 Å². The fraction of sp³-hybridized carbons (Fsp3) is 0.667. The molecule has 0 unspecified atom stereocenters. The monoisotopic (exact) mass is 143 g/mol. The van der Waals surface area contributed by atoms with E-state index in [1.807, 2.05) is 0 Å². The number of ether oxygens (including phenoxy) is 1. The molecule has 1 fully saturated rings. The van der Waals surface area contributed by atoms with Gasteiger partial charge in [0.05, 0.1) is 13.0 Å². The molecule has 1 saturated heterocycles. The van der Waals surface area contributed by atoms with Crippen LogP contribution >= 0.6 is 0 Å². The highest BCUT2D eigenvalue weighted by molar-refractivity contribution is 5.71. The molecule has 4 heteroatoms. The third kappa shape index (κ3) is 1.10. The number of amides is 1. The minimum atomic E-state index is -0.349. The summed E-state index contributed by atoms with van der Waals surface area (Å²) < 4.78 is 4.42. The number of nitrogens with zero attached hydrogens (tertiary/aromatic N) is 1. The fourth-order valence-corrected chi connectivity index (χ4v) is 0.877. The highest BCUT2D eigenvalue weighted by Gasteiger charge is 2.30. The van der Waals surface area contributed by atoms with Crippen LogP contribution in [0.15, 0.2) is 0 Å². The molecule has 1 amide bonds. The van der Waals surface area contributed by atoms with Gasteiger partial charge in [-0.05, 0) is 0 Å². The summed E-state index contributed by atoms with van der Waals surface area (Å²) in [6.07, 6.45) is 0.512. The predicted molar refractivity (Wildman–Crippen MR) is 33.5 cm³/mol. The summed E-state index contributed by atoms with van der Waals surface area (Å²) in [5.41, 5.74) is 0. The van der Waals surface area contributed by atoms with Crippen molar-refractivity contribution in [2.45, 2.75) is 0 Å². The Labute approximate surface area is 58.8 Å². The standard InChI is InChI=1S/C6H9NO3/c1-10-6(9)7-2-5(3-7)4-8/h4-5H,2-3H2,1H3. The Bertz CT molecular complexity index is 151. The predicted octanol–water partition coefficient (Wildman–Crippen LogP) is -0.117. The van der Waals surface area contributed by atoms with Crippen molar-refractivity contribution in [2.75, 3.05) is 20.2 Å². The highest BCUT2D eigenvalue weighted by Crippen LogP contribution is 2.13. The molecule has 1 aliphatic heterocycles. The lowest BCUT2D eigenvalue weighted by Gasteiger charge is -2.34. The van der Waals surface area contributed by atoms with E-state index in [9.17, 15) is 9.59 Å². The van der Waals surface area contributed by atoms with Crippen molar-refractivity contribution in [3.05, 3.63) is 0 Å². The lowest BCUT2D eigenvalue weighted by atomic mass is 10.0. The molecule has 0 aromatic heterocycles. The summed E-state index contributed by atoms with van der Waals surface area (Å²) in [5.74, 6) is 0.0269. The minimum absolute atomic E-state index is 0.0269. The number of hydrogen-bond donors (Lipinski definition) is 0. The largest absolute Gasteiger partial charge is 0.453 e. The molecule has 0 atom stereocenters. The van der Waals surface area contributed by atoms with Crippen LogP contribution in [0.2, 0.25) is 0 Å². The molecule has 0 radical (unpaired) electrons. The Morgan fingerprint density at radius 3 is 2.70 bits per heavy atom. The van der Waals surface area contributed by atoms with Gasteiger partial charge in [-0.25, -0.2) is 4.79 Å². The summed E-state index contributed by atoms with van der Waals surface area (Å²) in [6, 6.07) is 0. The number of aldehydes is 1. The second-order valence-electron chi connectivity index (χ2n) is 2.27. The minimum Gasteiger partial charge on any atom is -0.453 e. The smallest absolute Gasteiger partial charge is 0.409 e. The van der Waals surface area contributed by atoms with E-state index in [-0.39, 0.29) is 12.0 Å². The Kier molecular flexibility index (Phi) is 1.89. The lowest BCUT2D eigenvalue weighted by molar-refractivity contribution is -0.114. The van der Waals surface area contributed by atoms with Crippen molar-refractivity contribution in [2.24, 2.45) is 5.92 Å². The molecule has 4 nitrogen and oxygen atoms in total. The first-order valence-corrected chi connectivity index (χ1v) is 3.06. The van der Waals surface area contributed by atoms with E-state index < -0.39 is 0 Å². The molecular weight excluding hydrogens is 134 g/mol. The van der Waals surface area contributed by atoms with Crippen LogP contribution in [0.5, 0.6) is 0 Å². The maximum absolute atomic E-state index is 10.6. The van der Waals surface area contributed by atoms with Crippen LogP contribution in [0, 0.1) is 5.92 Å². The number of likely N-dealkylation sites (tertiary alicyclic amines) is 1. The van der Waals surface area contributed by atoms with Gasteiger partial charge in [0.1, 0.15) is 6.29 Å². The van der Waals surface area contributed by atoms with E-state index in [4.69, 9.17) is 0 Å². The number of carbonyl (C=O) groups excluding carboxylic acids is 2. The average Bonchev–Trinajstić information content (AvgIpc) is 1.85. The van der Waals surface area contributed by atoms with Crippen LogP contribution in [0.25, 0.3) is 0 Å². The molecule has 0 aromatic rings. The van der Waals surface area contributed by atoms with Gasteiger partial charge >= 0.3 is 6.09 Å². The maximum Gasteiger partial charge on any atom is 0.409 e. The third-order valence-electron chi connectivity index (χ3n) is 1.54. The van der Waals surface area contributed by atoms with Crippen LogP contribution in [-0.2, 0) is 9.53 Å². The summed E-state index contributed by atoms with van der Waals surface area (Å²) in [5, 5.41) is 0. The molecule has 10 heavy (non-hydrogen) atoms. The molecule has 0 spiro atoms. The zero-order valence-corrected chi connectivity index (χ0v) is 5.74. The van der Waals surface area contributed by atoms with E-state index in [1.54, 1.807) is 0 Å². The molecule has 1 heterocycles. The molecule has 1 rings (SSSR count). The first kappa shape index (κ1) is 7.05. The van der Waals surface area contributed by atoms with E-state index in [0.29, 0.717) is 13.1 Å². The lowest BCUT2D eigenvalue weighted by Crippen LogP contribution is -2.50. The van der Waals surface area contributed by atoms with Crippen LogP contribution in [-0.4, -0.2) is 37.5 Å². The molecular formula is C6H9NO3. The number of hydrogen-bond acceptors (Lipinski definition) is 3. The van der Waals surface area contributed by atoms with Gasteiger partial charge in [-0.1, -0.05) is 0 Å². The summed E-state index contributed by atoms with van der Waals surface area (Å²) >= 11 is 0. The second-order valence-corrected chi connectivity index (χ2v) is 2.27. The van der Waals surface area contributed by atoms with Crippen LogP contribution in [0.3, 0.4) is 0 Å². The fourth-order valence-electron chi connectivity index (χ4n) is 0.877. The molecule has 0 aliphatic carbocycles. The van der Waals surface area contributed by atoms with Gasteiger partial charge in [0.25, 0.3) is 0 Å². The van der Waals surface area contributed by atoms with E-state index in [1.165, 1.54) is 12.0 Å². The first-order valence-electron chi connectivity index (χ1n) is 3.06. The molecule has 1 aliphatic rings. The van der Waals surface area contributed by atoms with Gasteiger partial charge in [-0.3, -0.25) is 0 Å². The van der Waals surface area contributed by atoms with Gasteiger partial charge in [-0.15, -0.1) is 0 Å². The number of methoxy groups -OCH3 is 1. The van der Waals surface area contributed by atoms with Gasteiger partial charge in [0.2, 0.25) is 0 Å². The van der Waals surface area contributed by atoms with Gasteiger partial charge in [0.15, 0.2) is 0 Å². The molecule has 56 valence electrons. The third-order valence-corrected chi connectivity index (χ3v) is 1.54. The van der Waals surface area contributed by atoms with Gasteiger partial charge < -0.3 is 14.4 Å². The SMILES string of the molecule is COC(=O)N1CC(C=O)C1. The number of carbonyl (C=O) groups is 2. The Balaban J connectivity index is 2.25. The molecule has 0 aromatic carbocycles. The van der Waals surface area contributed by atoms with Crippen LogP contribution < -0.4 is 0 Å². The topological polar surface area (TPSA) is 46.6 Å². The Morgan fingerprint density at radius 1 is 1.70 bits per heavy atom. The van der Waals surface area contributed by atoms with Crippen molar-refractivity contribution >= 4 is 12.4 Å². The summed E-state index contributed by atoms with van der Waals surface area (Å²) in [4.78, 5) is 22.2. The van der Waals surface area contributed by atoms with Crippen molar-refractivity contribution in [3.8, 4) is 0 Å². The van der Waals surface area contributed by atoms with E-state index in [0.717, 1.165) is 6.29 Å². The zero-order chi connectivity index (χ0) is 7.56. The van der Waals surface area contributed by atoms with E-state index in [2.05, 4.69) is 4.74 Å². The van der Waals surface area contributed by atoms with Crippen molar-refractivity contribution in [1.82, 2.24) is 4.90 Å². The summed E-state index contributed by atoms with van der Waals surface area (Å²) in [7, 11) is 1.33. The normalized spacial score (nSPS) is 17.9. The van der Waals surface area contributed by atoms with Crippen LogP contribution in [0.1, 0.15) is 0 Å². The first-order chi connectivity index (χ1) is 4.77. The van der Waals surface area contributed by atoms with Crippen molar-refractivity contribution < 1.29 is 14.3 Å². The molecule has 0 bridgehead atoms. The zero-order valence-electron chi connectivity index (χ0n) is 5.74. The van der Waals surface area contributed by atoms with Crippen LogP contribution in [0.4, 0.5) is 4.79 Å². The maximum atomic E-state index is 10.6. The Morgan fingerprint density at radius 2 is 2.30 bits per heavy atom. The van der Waals surface area contributed by atoms with Crippen molar-refractivity contribution in [3.63, 3.8) is 0 Å². The quantitative estimate of drug-likeness (QED) is 0.481. The van der Waals surface area contributed by atoms with E-state index >= 15 is 0 Å². The van der Waals surface area contributed by atoms with Crippen molar-refractivity contribution in [1.29, 1.82) is 0 Å². The molecule has 0 saturated carbocycles. The molecule has 0 N–H and O–H groups in total. The summed E-state index contributed by atoms with van der Waals surface area (Å²) in [6.45, 7) is 1.02. The second kappa shape index (κ2) is 2.68. The Hall–Kier alpha value is -1.06. The van der Waals surface area contributed by atoms with Gasteiger partial charge in [-0.2, -0.15) is 0 Å².